The Hall–Kier alpha value is -3.27. The number of alkyl halides is 3. The molecule has 4 aromatic rings. The highest BCUT2D eigenvalue weighted by atomic mass is 32.1. The van der Waals surface area contributed by atoms with Gasteiger partial charge in [0.2, 0.25) is 10.1 Å². The molecular weight excluding hydrogens is 405 g/mol. The van der Waals surface area contributed by atoms with Crippen LogP contribution in [0.1, 0.15) is 0 Å². The van der Waals surface area contributed by atoms with Gasteiger partial charge in [0.05, 0.1) is 18.4 Å². The van der Waals surface area contributed by atoms with E-state index in [9.17, 15) is 13.2 Å². The van der Waals surface area contributed by atoms with Crippen LogP contribution in [-0.4, -0.2) is 34.1 Å². The number of imidazole rings is 1. The Labute approximate surface area is 167 Å². The van der Waals surface area contributed by atoms with Crippen LogP contribution in [0.4, 0.5) is 18.3 Å². The standard InChI is InChI=1S/C19H15F3N4O2S/c20-19(21,22)28-15-8-4-5-13(11-15)16-12-26-18(24-16)29-17(25-26)23-9-10-27-14-6-2-1-3-7-14/h1-8,11-12H,9-10H2,(H,23,25). The van der Waals surface area contributed by atoms with E-state index < -0.39 is 6.36 Å². The first kappa shape index (κ1) is 19.1. The fraction of sp³-hybridized carbons (Fsp3) is 0.158. The van der Waals surface area contributed by atoms with Crippen molar-refractivity contribution in [2.24, 2.45) is 0 Å². The van der Waals surface area contributed by atoms with E-state index in [1.165, 1.54) is 29.5 Å². The van der Waals surface area contributed by atoms with Crippen LogP contribution in [0.2, 0.25) is 0 Å². The molecule has 0 unspecified atom stereocenters. The van der Waals surface area contributed by atoms with Crippen LogP contribution in [0.3, 0.4) is 0 Å². The quantitative estimate of drug-likeness (QED) is 0.433. The molecule has 0 fully saturated rings. The second kappa shape index (κ2) is 8.00. The van der Waals surface area contributed by atoms with Gasteiger partial charge in [-0.1, -0.05) is 41.7 Å². The van der Waals surface area contributed by atoms with Crippen molar-refractivity contribution in [2.45, 2.75) is 6.36 Å². The number of halogens is 3. The summed E-state index contributed by atoms with van der Waals surface area (Å²) in [4.78, 5) is 5.05. The Morgan fingerprint density at radius 2 is 1.83 bits per heavy atom. The summed E-state index contributed by atoms with van der Waals surface area (Å²) in [6.45, 7) is 1.04. The Kier molecular flexibility index (Phi) is 5.26. The van der Waals surface area contributed by atoms with E-state index in [2.05, 4.69) is 20.1 Å². The molecule has 0 saturated carbocycles. The smallest absolute Gasteiger partial charge is 0.492 e. The highest BCUT2D eigenvalue weighted by Gasteiger charge is 2.31. The summed E-state index contributed by atoms with van der Waals surface area (Å²) in [5, 5.41) is 8.21. The normalized spacial score (nSPS) is 11.6. The maximum atomic E-state index is 12.4. The van der Waals surface area contributed by atoms with E-state index in [4.69, 9.17) is 4.74 Å². The third-order valence-corrected chi connectivity index (χ3v) is 4.68. The lowest BCUT2D eigenvalue weighted by Gasteiger charge is -2.09. The lowest BCUT2D eigenvalue weighted by atomic mass is 10.1. The molecule has 6 nitrogen and oxygen atoms in total. The van der Waals surface area contributed by atoms with Crippen LogP contribution in [0, 0.1) is 0 Å². The first-order valence-corrected chi connectivity index (χ1v) is 9.42. The summed E-state index contributed by atoms with van der Waals surface area (Å²) < 4.78 is 48.3. The van der Waals surface area contributed by atoms with Crippen molar-refractivity contribution in [3.05, 3.63) is 60.8 Å². The number of aromatic nitrogens is 3. The van der Waals surface area contributed by atoms with Gasteiger partial charge in [-0.3, -0.25) is 0 Å². The Morgan fingerprint density at radius 1 is 1.03 bits per heavy atom. The minimum absolute atomic E-state index is 0.292. The second-order valence-corrected chi connectivity index (χ2v) is 6.88. The van der Waals surface area contributed by atoms with Gasteiger partial charge in [0.15, 0.2) is 0 Å². The van der Waals surface area contributed by atoms with E-state index in [-0.39, 0.29) is 5.75 Å². The minimum Gasteiger partial charge on any atom is -0.492 e. The number of hydrogen-bond donors (Lipinski definition) is 1. The van der Waals surface area contributed by atoms with Gasteiger partial charge in [-0.2, -0.15) is 0 Å². The molecule has 2 aromatic carbocycles. The Bertz CT molecular complexity index is 1060. The first-order chi connectivity index (χ1) is 14.0. The molecule has 1 N–H and O–H groups in total. The van der Waals surface area contributed by atoms with Crippen molar-refractivity contribution in [3.8, 4) is 22.8 Å². The van der Waals surface area contributed by atoms with Crippen LogP contribution in [0.15, 0.2) is 60.8 Å². The average molecular weight is 420 g/mol. The van der Waals surface area contributed by atoms with Crippen molar-refractivity contribution < 1.29 is 22.6 Å². The number of anilines is 1. The molecule has 29 heavy (non-hydrogen) atoms. The summed E-state index contributed by atoms with van der Waals surface area (Å²) in [6, 6.07) is 15.2. The van der Waals surface area contributed by atoms with Gasteiger partial charge in [0.1, 0.15) is 18.1 Å². The number of fused-ring (bicyclic) bond motifs is 1. The maximum Gasteiger partial charge on any atom is 0.573 e. The lowest BCUT2D eigenvalue weighted by molar-refractivity contribution is -0.274. The van der Waals surface area contributed by atoms with E-state index in [1.807, 2.05) is 30.3 Å². The highest BCUT2D eigenvalue weighted by molar-refractivity contribution is 7.20. The van der Waals surface area contributed by atoms with Crippen molar-refractivity contribution in [3.63, 3.8) is 0 Å². The monoisotopic (exact) mass is 420 g/mol. The number of hydrogen-bond acceptors (Lipinski definition) is 6. The van der Waals surface area contributed by atoms with Crippen LogP contribution in [0.5, 0.6) is 11.5 Å². The zero-order valence-electron chi connectivity index (χ0n) is 14.9. The zero-order chi connectivity index (χ0) is 20.3. The molecule has 0 aliphatic rings. The topological polar surface area (TPSA) is 60.7 Å². The summed E-state index contributed by atoms with van der Waals surface area (Å²) >= 11 is 1.34. The van der Waals surface area contributed by atoms with Crippen LogP contribution in [0.25, 0.3) is 16.2 Å². The molecule has 0 aliphatic carbocycles. The van der Waals surface area contributed by atoms with Crippen LogP contribution in [-0.2, 0) is 0 Å². The number of para-hydroxylation sites is 1. The van der Waals surface area contributed by atoms with E-state index in [0.717, 1.165) is 5.75 Å². The van der Waals surface area contributed by atoms with Gasteiger partial charge < -0.3 is 14.8 Å². The van der Waals surface area contributed by atoms with Gasteiger partial charge in [0.25, 0.3) is 0 Å². The van der Waals surface area contributed by atoms with Gasteiger partial charge in [-0.25, -0.2) is 9.50 Å². The Balaban J connectivity index is 1.39. The van der Waals surface area contributed by atoms with Crippen molar-refractivity contribution in [2.75, 3.05) is 18.5 Å². The fourth-order valence-corrected chi connectivity index (χ4v) is 3.41. The number of rotatable bonds is 7. The third kappa shape index (κ3) is 4.96. The lowest BCUT2D eigenvalue weighted by Crippen LogP contribution is -2.17. The predicted molar refractivity (Wildman–Crippen MR) is 103 cm³/mol. The maximum absolute atomic E-state index is 12.4. The van der Waals surface area contributed by atoms with Gasteiger partial charge in [-0.05, 0) is 24.3 Å². The molecule has 150 valence electrons. The zero-order valence-corrected chi connectivity index (χ0v) is 15.7. The SMILES string of the molecule is FC(F)(F)Oc1cccc(-c2cn3nc(NCCOc4ccccc4)sc3n2)c1. The van der Waals surface area contributed by atoms with Gasteiger partial charge in [0, 0.05) is 5.56 Å². The molecule has 0 radical (unpaired) electrons. The number of nitrogens with one attached hydrogen (secondary N) is 1. The number of benzene rings is 2. The minimum atomic E-state index is -4.74. The molecule has 0 saturated heterocycles. The van der Waals surface area contributed by atoms with Gasteiger partial charge >= 0.3 is 6.36 Å². The Morgan fingerprint density at radius 3 is 2.59 bits per heavy atom. The predicted octanol–water partition coefficient (Wildman–Crippen LogP) is 4.85. The summed E-state index contributed by atoms with van der Waals surface area (Å²) in [6.07, 6.45) is -3.08. The largest absolute Gasteiger partial charge is 0.573 e. The van der Waals surface area contributed by atoms with Crippen molar-refractivity contribution >= 4 is 21.4 Å². The van der Waals surface area contributed by atoms with E-state index in [1.54, 1.807) is 16.8 Å². The van der Waals surface area contributed by atoms with E-state index >= 15 is 0 Å². The van der Waals surface area contributed by atoms with Gasteiger partial charge in [-0.15, -0.1) is 18.3 Å². The summed E-state index contributed by atoms with van der Waals surface area (Å²) in [5.41, 5.74) is 1.02. The van der Waals surface area contributed by atoms with Crippen LogP contribution < -0.4 is 14.8 Å². The first-order valence-electron chi connectivity index (χ1n) is 8.60. The molecule has 0 aliphatic heterocycles. The molecule has 0 atom stereocenters. The summed E-state index contributed by atoms with van der Waals surface area (Å²) in [5.74, 6) is 0.504. The summed E-state index contributed by atoms with van der Waals surface area (Å²) in [7, 11) is 0. The molecule has 0 amide bonds. The van der Waals surface area contributed by atoms with E-state index in [0.29, 0.717) is 34.5 Å². The van der Waals surface area contributed by atoms with Crippen LogP contribution >= 0.6 is 11.3 Å². The third-order valence-electron chi connectivity index (χ3n) is 3.80. The molecule has 2 heterocycles. The molecule has 0 spiro atoms. The van der Waals surface area contributed by atoms with Crippen molar-refractivity contribution in [1.29, 1.82) is 0 Å². The number of ether oxygens (including phenoxy) is 2. The number of nitrogens with zero attached hydrogens (tertiary/aromatic N) is 3. The van der Waals surface area contributed by atoms with Crippen molar-refractivity contribution in [1.82, 2.24) is 14.6 Å². The molecule has 4 rings (SSSR count). The fourth-order valence-electron chi connectivity index (χ4n) is 2.61. The second-order valence-electron chi connectivity index (χ2n) is 5.92. The average Bonchev–Trinajstić information content (AvgIpc) is 3.24. The molecule has 0 bridgehead atoms. The molecule has 2 aromatic heterocycles. The molecule has 10 heteroatoms. The highest BCUT2D eigenvalue weighted by Crippen LogP contribution is 2.29. The molecular formula is C19H15F3N4O2S.